The molecule has 0 saturated carbocycles. The van der Waals surface area contributed by atoms with Crippen molar-refractivity contribution >= 4 is 41.4 Å². The van der Waals surface area contributed by atoms with Crippen LogP contribution in [0.25, 0.3) is 0 Å². The van der Waals surface area contributed by atoms with E-state index in [1.165, 1.54) is 16.0 Å². The second kappa shape index (κ2) is 26.7. The Morgan fingerprint density at radius 3 is 1.60 bits per heavy atom. The molecule has 0 spiro atoms. The van der Waals surface area contributed by atoms with Crippen LogP contribution in [0.2, 0.25) is 0 Å². The highest BCUT2D eigenvalue weighted by Crippen LogP contribution is 2.34. The van der Waals surface area contributed by atoms with Gasteiger partial charge in [-0.3, -0.25) is 33.6 Å². The molecule has 9 atom stereocenters. The fraction of sp³-hybridized carbons (Fsp3) is 0.448. The Bertz CT molecular complexity index is 3160. The van der Waals surface area contributed by atoms with Gasteiger partial charge < -0.3 is 47.0 Å². The lowest BCUT2D eigenvalue weighted by atomic mass is 9.85. The Morgan fingerprint density at radius 1 is 0.554 bits per heavy atom. The predicted molar refractivity (Wildman–Crippen MR) is 321 cm³/mol. The van der Waals surface area contributed by atoms with Crippen LogP contribution < -0.4 is 37.2 Å². The zero-order chi connectivity index (χ0) is 59.0. The molecule has 5 aromatic carbocycles. The van der Waals surface area contributed by atoms with Gasteiger partial charge in [-0.05, 0) is 153 Å². The van der Waals surface area contributed by atoms with Crippen LogP contribution in [0.5, 0.6) is 0 Å². The van der Waals surface area contributed by atoms with E-state index in [1.54, 1.807) is 45.0 Å². The van der Waals surface area contributed by atoms with Crippen LogP contribution in [0, 0.1) is 5.41 Å². The molecule has 83 heavy (non-hydrogen) atoms. The second-order valence-corrected chi connectivity index (χ2v) is 24.3. The number of nitrogens with one attached hydrogen (secondary N) is 7. The van der Waals surface area contributed by atoms with Crippen molar-refractivity contribution in [2.45, 2.75) is 166 Å². The number of rotatable bonds is 19. The first-order chi connectivity index (χ1) is 39.9. The van der Waals surface area contributed by atoms with E-state index in [9.17, 15) is 33.6 Å². The summed E-state index contributed by atoms with van der Waals surface area (Å²) in [6.07, 6.45) is 7.54. The average Bonchev–Trinajstić information content (AvgIpc) is 3.99. The first-order valence-electron chi connectivity index (χ1n) is 29.8. The molecule has 438 valence electrons. The van der Waals surface area contributed by atoms with Crippen molar-refractivity contribution in [2.24, 2.45) is 5.41 Å². The highest BCUT2D eigenvalue weighted by Gasteiger charge is 2.46. The minimum Gasteiger partial charge on any atom is -0.347 e. The maximum atomic E-state index is 15.0. The maximum Gasteiger partial charge on any atom is 0.251 e. The fourth-order valence-electron chi connectivity index (χ4n) is 12.3. The molecule has 9 rings (SSSR count). The van der Waals surface area contributed by atoms with E-state index in [2.05, 4.69) is 55.4 Å². The molecule has 0 radical (unpaired) electrons. The van der Waals surface area contributed by atoms with E-state index in [0.29, 0.717) is 24.8 Å². The number of likely N-dealkylation sites (tertiary alicyclic amines) is 1. The quantitative estimate of drug-likeness (QED) is 0.0495. The van der Waals surface area contributed by atoms with Crippen LogP contribution >= 0.6 is 0 Å². The van der Waals surface area contributed by atoms with E-state index in [1.807, 2.05) is 112 Å². The number of carbonyl (C=O) groups is 7. The zero-order valence-corrected chi connectivity index (χ0v) is 49.2. The number of benzene rings is 5. The Morgan fingerprint density at radius 2 is 1.05 bits per heavy atom. The predicted octanol–water partition coefficient (Wildman–Crippen LogP) is 6.29. The normalized spacial score (nSPS) is 20.7. The lowest BCUT2D eigenvalue weighted by Crippen LogP contribution is -2.59. The highest BCUT2D eigenvalue weighted by molar-refractivity contribution is 5.97. The van der Waals surface area contributed by atoms with Gasteiger partial charge in [-0.2, -0.15) is 0 Å². The summed E-state index contributed by atoms with van der Waals surface area (Å²) in [5, 5.41) is 21.6. The van der Waals surface area contributed by atoms with Gasteiger partial charge in [0, 0.05) is 37.5 Å². The molecule has 2 aliphatic carbocycles. The van der Waals surface area contributed by atoms with Gasteiger partial charge in [0.15, 0.2) is 0 Å². The van der Waals surface area contributed by atoms with Gasteiger partial charge in [0.25, 0.3) is 5.91 Å². The molecule has 0 bridgehead atoms. The third-order valence-electron chi connectivity index (χ3n) is 17.5. The van der Waals surface area contributed by atoms with Gasteiger partial charge in [-0.1, -0.05) is 130 Å². The Labute approximate surface area is 489 Å². The third-order valence-corrected chi connectivity index (χ3v) is 17.5. The van der Waals surface area contributed by atoms with Crippen molar-refractivity contribution < 1.29 is 33.6 Å². The number of hydrogen-bond acceptors (Lipinski definition) is 9. The van der Waals surface area contributed by atoms with E-state index < -0.39 is 47.7 Å². The standard InChI is InChI=1S/C67H83N9O7/c1-41(68-6)60(77)73-56(65(82)75-39-50-19-9-8-18-49(50)37-57(75)63(80)71-54-24-14-20-46-16-10-12-22-52(46)54)36-45-30-28-43(29-31-45)26-27-44-32-34-48(35-33-44)62(79)70-51-38-58(64(81)72-55-25-15-21-47-17-11-13-23-53(47)55)76(40-51)66(83)59(67(3,4)5)74-61(78)42(2)69-7/h8-13,16-19,22-23,28-35,41-42,51,54-59,68-69H,14-15,20-21,24-27,36-40H2,1-7H3,(H,70,79)(H,71,80)(H,72,81)(H,73,77)(H,74,78)/t41-,42-,51-,54+,55+,56-,57-,58-,59+/m0/s1. The monoisotopic (exact) mass is 1130 g/mol. The highest BCUT2D eigenvalue weighted by atomic mass is 16.2. The van der Waals surface area contributed by atoms with E-state index >= 15 is 0 Å². The van der Waals surface area contributed by atoms with Crippen molar-refractivity contribution in [3.63, 3.8) is 0 Å². The van der Waals surface area contributed by atoms with Gasteiger partial charge in [-0.15, -0.1) is 0 Å². The van der Waals surface area contributed by atoms with Crippen molar-refractivity contribution in [3.05, 3.63) is 177 Å². The molecule has 0 aromatic heterocycles. The molecule has 0 unspecified atom stereocenters. The Balaban J connectivity index is 0.844. The molecule has 1 fully saturated rings. The number of carbonyl (C=O) groups excluding carboxylic acids is 7. The van der Waals surface area contributed by atoms with Crippen LogP contribution in [0.1, 0.15) is 139 Å². The second-order valence-electron chi connectivity index (χ2n) is 24.3. The summed E-state index contributed by atoms with van der Waals surface area (Å²) in [4.78, 5) is 102. The largest absolute Gasteiger partial charge is 0.347 e. The molecule has 16 heteroatoms. The third kappa shape index (κ3) is 14.4. The van der Waals surface area contributed by atoms with Gasteiger partial charge in [0.05, 0.1) is 24.2 Å². The van der Waals surface area contributed by atoms with Crippen LogP contribution in [-0.2, 0) is 73.8 Å². The van der Waals surface area contributed by atoms with Crippen LogP contribution in [-0.4, -0.2) is 114 Å². The van der Waals surface area contributed by atoms with Crippen molar-refractivity contribution in [1.82, 2.24) is 47.0 Å². The van der Waals surface area contributed by atoms with Crippen molar-refractivity contribution in [3.8, 4) is 0 Å². The van der Waals surface area contributed by atoms with Gasteiger partial charge in [0.1, 0.15) is 24.2 Å². The number of hydrogen-bond donors (Lipinski definition) is 7. The summed E-state index contributed by atoms with van der Waals surface area (Å²) in [7, 11) is 3.37. The maximum absolute atomic E-state index is 15.0. The molecule has 2 heterocycles. The molecule has 4 aliphatic rings. The minimum absolute atomic E-state index is 0.0924. The van der Waals surface area contributed by atoms with Gasteiger partial charge >= 0.3 is 0 Å². The number of amides is 7. The smallest absolute Gasteiger partial charge is 0.251 e. The molecule has 1 saturated heterocycles. The zero-order valence-electron chi connectivity index (χ0n) is 49.2. The van der Waals surface area contributed by atoms with E-state index in [4.69, 9.17) is 0 Å². The lowest BCUT2D eigenvalue weighted by Gasteiger charge is -2.39. The molecular weight excluding hydrogens is 1040 g/mol. The Hall–Kier alpha value is -7.69. The number of fused-ring (bicyclic) bond motifs is 3. The molecule has 16 nitrogen and oxygen atoms in total. The van der Waals surface area contributed by atoms with Crippen molar-refractivity contribution in [2.75, 3.05) is 20.6 Å². The molecule has 7 amide bonds. The van der Waals surface area contributed by atoms with Crippen LogP contribution in [0.4, 0.5) is 0 Å². The van der Waals surface area contributed by atoms with E-state index in [0.717, 1.165) is 77.5 Å². The van der Waals surface area contributed by atoms with Gasteiger partial charge in [0.2, 0.25) is 35.4 Å². The summed E-state index contributed by atoms with van der Waals surface area (Å²) in [5.74, 6) is -2.17. The van der Waals surface area contributed by atoms with E-state index in [-0.39, 0.29) is 79.4 Å². The summed E-state index contributed by atoms with van der Waals surface area (Å²) in [6, 6.07) is 34.2. The first-order valence-corrected chi connectivity index (χ1v) is 29.8. The molecule has 5 aromatic rings. The lowest BCUT2D eigenvalue weighted by molar-refractivity contribution is -0.145. The van der Waals surface area contributed by atoms with Crippen LogP contribution in [0.3, 0.4) is 0 Å². The van der Waals surface area contributed by atoms with Crippen molar-refractivity contribution in [1.29, 1.82) is 0 Å². The number of likely N-dealkylation sites (N-methyl/N-ethyl adjacent to an activating group) is 2. The fourth-order valence-corrected chi connectivity index (χ4v) is 12.3. The summed E-state index contributed by atoms with van der Waals surface area (Å²) >= 11 is 0. The summed E-state index contributed by atoms with van der Waals surface area (Å²) in [5.41, 5.74) is 9.32. The molecular formula is C67H83N9O7. The first kappa shape index (κ1) is 59.9. The average molecular weight is 1130 g/mol. The Kier molecular flexibility index (Phi) is 19.3. The van der Waals surface area contributed by atoms with Gasteiger partial charge in [-0.25, -0.2) is 0 Å². The van der Waals surface area contributed by atoms with Crippen LogP contribution in [0.15, 0.2) is 121 Å². The summed E-state index contributed by atoms with van der Waals surface area (Å²) < 4.78 is 0. The minimum atomic E-state index is -0.941. The number of aryl methyl sites for hydroxylation is 4. The SMILES string of the molecule is CN[C@@H](C)C(=O)N[C@@H](Cc1ccc(CCc2ccc(C(=O)N[C@H]3C[C@@H](C(=O)N[C@@H]4CCCc5ccccc54)N(C(=O)[C@@H](NC(=O)[C@H](C)NC)C(C)(C)C)C3)cc2)cc1)C(=O)N1Cc2ccccc2C[C@H]1C(=O)N[C@@H]1CCCc2ccccc21. The number of nitrogens with zero attached hydrogens (tertiary/aromatic N) is 2. The molecule has 7 N–H and O–H groups in total. The topological polar surface area (TPSA) is 210 Å². The summed E-state index contributed by atoms with van der Waals surface area (Å²) in [6.45, 7) is 9.44. The molecule has 2 aliphatic heterocycles.